The number of aryl methyl sites for hydroxylation is 1. The third-order valence-corrected chi connectivity index (χ3v) is 3.19. The fourth-order valence-corrected chi connectivity index (χ4v) is 2.12. The molecule has 0 spiro atoms. The van der Waals surface area contributed by atoms with Crippen LogP contribution in [-0.4, -0.2) is 20.0 Å². The molecular formula is C11H17N5. The number of anilines is 1. The number of aromatic amines is 1. The second-order valence-corrected chi connectivity index (χ2v) is 4.57. The van der Waals surface area contributed by atoms with E-state index in [0.29, 0.717) is 11.7 Å². The van der Waals surface area contributed by atoms with Crippen molar-refractivity contribution in [2.75, 3.05) is 5.73 Å². The maximum atomic E-state index is 5.91. The zero-order valence-electron chi connectivity index (χ0n) is 9.53. The van der Waals surface area contributed by atoms with E-state index in [1.165, 1.54) is 19.3 Å². The molecule has 5 nitrogen and oxygen atoms in total. The minimum absolute atomic E-state index is 0.616. The second kappa shape index (κ2) is 3.50. The largest absolute Gasteiger partial charge is 0.383 e. The molecule has 0 radical (unpaired) electrons. The molecule has 86 valence electrons. The maximum absolute atomic E-state index is 5.91. The summed E-state index contributed by atoms with van der Waals surface area (Å²) in [6.07, 6.45) is 4.78. The van der Waals surface area contributed by atoms with Crippen LogP contribution in [0.5, 0.6) is 0 Å². The number of nitrogens with zero attached hydrogens (tertiary/aromatic N) is 3. The van der Waals surface area contributed by atoms with Gasteiger partial charge in [-0.3, -0.25) is 5.10 Å². The third-order valence-electron chi connectivity index (χ3n) is 3.19. The lowest BCUT2D eigenvalue weighted by Crippen LogP contribution is -2.01. The molecule has 1 aliphatic rings. The number of hydrogen-bond donors (Lipinski definition) is 2. The summed E-state index contributed by atoms with van der Waals surface area (Å²) in [6.45, 7) is 3.12. The molecule has 2 aromatic heterocycles. The molecule has 16 heavy (non-hydrogen) atoms. The first-order chi connectivity index (χ1) is 7.81. The summed E-state index contributed by atoms with van der Waals surface area (Å²) in [5.41, 5.74) is 7.99. The van der Waals surface area contributed by atoms with E-state index in [1.54, 1.807) is 0 Å². The Labute approximate surface area is 94.0 Å². The lowest BCUT2D eigenvalue weighted by molar-refractivity contribution is 0.575. The lowest BCUT2D eigenvalue weighted by atomic mass is 10.2. The minimum Gasteiger partial charge on any atom is -0.383 e. The highest BCUT2D eigenvalue weighted by atomic mass is 15.3. The van der Waals surface area contributed by atoms with Crippen molar-refractivity contribution < 1.29 is 0 Å². The quantitative estimate of drug-likeness (QED) is 0.826. The monoisotopic (exact) mass is 219 g/mol. The van der Waals surface area contributed by atoms with Gasteiger partial charge >= 0.3 is 0 Å². The Morgan fingerprint density at radius 2 is 2.31 bits per heavy atom. The molecule has 3 N–H and O–H groups in total. The van der Waals surface area contributed by atoms with Crippen molar-refractivity contribution in [2.45, 2.75) is 45.1 Å². The summed E-state index contributed by atoms with van der Waals surface area (Å²) in [5, 5.41) is 12.8. The molecule has 0 unspecified atom stereocenters. The van der Waals surface area contributed by atoms with Crippen LogP contribution in [0.25, 0.3) is 11.0 Å². The number of fused-ring (bicyclic) bond motifs is 1. The van der Waals surface area contributed by atoms with E-state index in [9.17, 15) is 0 Å². The highest BCUT2D eigenvalue weighted by Gasteiger charge is 2.31. The van der Waals surface area contributed by atoms with Gasteiger partial charge < -0.3 is 5.73 Å². The molecule has 0 aromatic carbocycles. The average Bonchev–Trinajstić information content (AvgIpc) is 2.96. The van der Waals surface area contributed by atoms with Crippen molar-refractivity contribution >= 4 is 16.9 Å². The molecule has 1 aliphatic carbocycles. The van der Waals surface area contributed by atoms with Crippen molar-refractivity contribution in [3.63, 3.8) is 0 Å². The van der Waals surface area contributed by atoms with E-state index < -0.39 is 0 Å². The summed E-state index contributed by atoms with van der Waals surface area (Å²) in [5.74, 6) is 1.28. The highest BCUT2D eigenvalue weighted by Crippen LogP contribution is 2.43. The fourth-order valence-electron chi connectivity index (χ4n) is 2.12. The molecule has 0 saturated heterocycles. The fraction of sp³-hybridized carbons (Fsp3) is 0.636. The molecular weight excluding hydrogens is 202 g/mol. The van der Waals surface area contributed by atoms with Crippen LogP contribution in [0.15, 0.2) is 0 Å². The predicted octanol–water partition coefficient (Wildman–Crippen LogP) is 2.02. The first-order valence-electron chi connectivity index (χ1n) is 6.01. The number of hydrogen-bond acceptors (Lipinski definition) is 3. The van der Waals surface area contributed by atoms with E-state index >= 15 is 0 Å². The van der Waals surface area contributed by atoms with Gasteiger partial charge in [-0.05, 0) is 19.3 Å². The third kappa shape index (κ3) is 1.38. The van der Waals surface area contributed by atoms with Crippen LogP contribution < -0.4 is 5.73 Å². The summed E-state index contributed by atoms with van der Waals surface area (Å²) < 4.78 is 2.00. The van der Waals surface area contributed by atoms with Gasteiger partial charge in [0.25, 0.3) is 0 Å². The van der Waals surface area contributed by atoms with Gasteiger partial charge in [-0.15, -0.1) is 0 Å². The van der Waals surface area contributed by atoms with Gasteiger partial charge in [-0.1, -0.05) is 13.3 Å². The van der Waals surface area contributed by atoms with Gasteiger partial charge in [0.2, 0.25) is 0 Å². The first kappa shape index (κ1) is 9.69. The van der Waals surface area contributed by atoms with Crippen LogP contribution in [0, 0.1) is 0 Å². The second-order valence-electron chi connectivity index (χ2n) is 4.57. The van der Waals surface area contributed by atoms with Crippen molar-refractivity contribution in [1.29, 1.82) is 0 Å². The van der Waals surface area contributed by atoms with E-state index in [2.05, 4.69) is 22.2 Å². The number of aromatic nitrogens is 4. The Balaban J connectivity index is 2.07. The number of nitrogens with one attached hydrogen (secondary N) is 1. The smallest absolute Gasteiger partial charge is 0.182 e. The Morgan fingerprint density at radius 3 is 3.00 bits per heavy atom. The molecule has 5 heteroatoms. The van der Waals surface area contributed by atoms with Crippen LogP contribution in [0.4, 0.5) is 5.82 Å². The van der Waals surface area contributed by atoms with Gasteiger partial charge in [0, 0.05) is 12.5 Å². The Kier molecular flexibility index (Phi) is 2.12. The lowest BCUT2D eigenvalue weighted by Gasteiger charge is -1.98. The number of nitrogen functional groups attached to an aromatic ring is 1. The molecule has 2 heterocycles. The normalized spacial score (nSPS) is 16.1. The zero-order valence-corrected chi connectivity index (χ0v) is 9.53. The topological polar surface area (TPSA) is 72.5 Å². The standard InChI is InChI=1S/C11H17N5/c1-2-3-6-16-11-8(10(12)13-14-11)9(15-16)7-4-5-7/h7H,2-6H2,1H3,(H3,12,13,14). The average molecular weight is 219 g/mol. The van der Waals surface area contributed by atoms with Gasteiger partial charge in [0.1, 0.15) is 5.82 Å². The molecule has 1 fully saturated rings. The summed E-state index contributed by atoms with van der Waals surface area (Å²) in [6, 6.07) is 0. The molecule has 2 aromatic rings. The molecule has 0 bridgehead atoms. The zero-order chi connectivity index (χ0) is 11.1. The molecule has 0 atom stereocenters. The van der Waals surface area contributed by atoms with E-state index in [0.717, 1.165) is 29.7 Å². The number of unbranched alkanes of at least 4 members (excludes halogenated alkanes) is 1. The van der Waals surface area contributed by atoms with Crippen molar-refractivity contribution in [1.82, 2.24) is 20.0 Å². The van der Waals surface area contributed by atoms with Crippen LogP contribution in [0.2, 0.25) is 0 Å². The van der Waals surface area contributed by atoms with Gasteiger partial charge in [0.15, 0.2) is 5.65 Å². The van der Waals surface area contributed by atoms with E-state index in [1.807, 2.05) is 4.68 Å². The van der Waals surface area contributed by atoms with E-state index in [4.69, 9.17) is 5.73 Å². The number of H-pyrrole nitrogens is 1. The summed E-state index contributed by atoms with van der Waals surface area (Å²) in [7, 11) is 0. The molecule has 1 saturated carbocycles. The van der Waals surface area contributed by atoms with Gasteiger partial charge in [-0.25, -0.2) is 4.68 Å². The Bertz CT molecular complexity index is 506. The van der Waals surface area contributed by atoms with Crippen LogP contribution >= 0.6 is 0 Å². The molecule has 0 amide bonds. The molecule has 0 aliphatic heterocycles. The van der Waals surface area contributed by atoms with Gasteiger partial charge in [0.05, 0.1) is 11.1 Å². The summed E-state index contributed by atoms with van der Waals surface area (Å²) in [4.78, 5) is 0. The Morgan fingerprint density at radius 1 is 1.50 bits per heavy atom. The highest BCUT2D eigenvalue weighted by molar-refractivity contribution is 5.89. The Hall–Kier alpha value is -1.52. The van der Waals surface area contributed by atoms with Crippen LogP contribution in [-0.2, 0) is 6.54 Å². The van der Waals surface area contributed by atoms with Crippen molar-refractivity contribution in [3.8, 4) is 0 Å². The molecule has 3 rings (SSSR count). The minimum atomic E-state index is 0.616. The number of rotatable bonds is 4. The predicted molar refractivity (Wildman–Crippen MR) is 63.2 cm³/mol. The van der Waals surface area contributed by atoms with Crippen LogP contribution in [0.3, 0.4) is 0 Å². The SMILES string of the molecule is CCCCn1nc(C2CC2)c2c(N)[nH]nc21. The van der Waals surface area contributed by atoms with Gasteiger partial charge in [-0.2, -0.15) is 10.2 Å². The number of nitrogens with two attached hydrogens (primary N) is 1. The maximum Gasteiger partial charge on any atom is 0.182 e. The first-order valence-corrected chi connectivity index (χ1v) is 6.01. The van der Waals surface area contributed by atoms with Crippen LogP contribution in [0.1, 0.15) is 44.2 Å². The van der Waals surface area contributed by atoms with Crippen molar-refractivity contribution in [2.24, 2.45) is 0 Å². The van der Waals surface area contributed by atoms with Crippen molar-refractivity contribution in [3.05, 3.63) is 5.69 Å². The summed E-state index contributed by atoms with van der Waals surface area (Å²) >= 11 is 0. The van der Waals surface area contributed by atoms with E-state index in [-0.39, 0.29) is 0 Å².